The molecular formula is C37H55NO2. The molecule has 1 aromatic carbocycles. The van der Waals surface area contributed by atoms with E-state index >= 15 is 0 Å². The molecule has 0 bridgehead atoms. The molecule has 1 aromatic rings. The predicted octanol–water partition coefficient (Wildman–Crippen LogP) is 8.32. The highest BCUT2D eigenvalue weighted by molar-refractivity contribution is 5.84. The molecule has 0 radical (unpaired) electrons. The molecule has 2 N–H and O–H groups in total. The number of rotatable bonds is 4. The normalized spacial score (nSPS) is 47.3. The number of benzene rings is 1. The lowest BCUT2D eigenvalue weighted by molar-refractivity contribution is -0.246. The van der Waals surface area contributed by atoms with E-state index in [0.29, 0.717) is 42.0 Å². The fraction of sp³-hybridized carbons (Fsp3) is 0.757. The first-order chi connectivity index (χ1) is 18.8. The number of amides is 1. The fourth-order valence-electron chi connectivity index (χ4n) is 12.5. The number of carbonyl (C=O) groups is 1. The minimum Gasteiger partial charge on any atom is -0.393 e. The first-order valence-corrected chi connectivity index (χ1v) is 16.5. The van der Waals surface area contributed by atoms with Crippen LogP contribution in [0, 0.1) is 56.7 Å². The van der Waals surface area contributed by atoms with Gasteiger partial charge in [0.1, 0.15) is 0 Å². The lowest BCUT2D eigenvalue weighted by Crippen LogP contribution is -2.67. The van der Waals surface area contributed by atoms with Gasteiger partial charge < -0.3 is 10.4 Å². The maximum Gasteiger partial charge on any atom is 0.226 e. The van der Waals surface area contributed by atoms with Crippen molar-refractivity contribution in [3.63, 3.8) is 0 Å². The van der Waals surface area contributed by atoms with Crippen LogP contribution in [0.3, 0.4) is 0 Å². The summed E-state index contributed by atoms with van der Waals surface area (Å²) in [5.74, 6) is 2.99. The van der Waals surface area contributed by atoms with E-state index in [0.717, 1.165) is 38.5 Å². The first-order valence-electron chi connectivity index (χ1n) is 16.5. The van der Waals surface area contributed by atoms with Crippen molar-refractivity contribution < 1.29 is 9.90 Å². The van der Waals surface area contributed by atoms with Crippen LogP contribution in [-0.4, -0.2) is 17.1 Å². The van der Waals surface area contributed by atoms with E-state index in [1.54, 1.807) is 0 Å². The van der Waals surface area contributed by atoms with Crippen molar-refractivity contribution >= 4 is 5.91 Å². The third kappa shape index (κ3) is 3.74. The molecule has 3 heteroatoms. The zero-order valence-corrected chi connectivity index (χ0v) is 26.2. The third-order valence-electron chi connectivity index (χ3n) is 14.8. The average molecular weight is 546 g/mol. The predicted molar refractivity (Wildman–Crippen MR) is 163 cm³/mol. The number of carbonyl (C=O) groups excluding carboxylic acids is 1. The number of nitrogens with one attached hydrogen (secondary N) is 1. The SMILES string of the molecule is C=C(C)[C@@H]1CC[C@]2(C(=O)NCc3ccccc3)CC[C@]3(C)[C@H](CC[C@@H]4[C@@]5(C)CC[C@H](O)C(C)(C)[C@@H]5CC[C@]43C)[C@@H]12. The highest BCUT2D eigenvalue weighted by Gasteiger charge is 2.71. The lowest BCUT2D eigenvalue weighted by Gasteiger charge is -2.72. The van der Waals surface area contributed by atoms with E-state index < -0.39 is 0 Å². The molecule has 40 heavy (non-hydrogen) atoms. The summed E-state index contributed by atoms with van der Waals surface area (Å²) in [6, 6.07) is 10.4. The number of aliphatic hydroxyl groups excluding tert-OH is 1. The van der Waals surface area contributed by atoms with Gasteiger partial charge in [-0.25, -0.2) is 0 Å². The van der Waals surface area contributed by atoms with Crippen molar-refractivity contribution in [3.8, 4) is 0 Å². The molecule has 0 spiro atoms. The number of fused-ring (bicyclic) bond motifs is 7. The monoisotopic (exact) mass is 545 g/mol. The number of aliphatic hydroxyl groups is 1. The van der Waals surface area contributed by atoms with Gasteiger partial charge in [-0.05, 0) is 128 Å². The van der Waals surface area contributed by atoms with Gasteiger partial charge in [0.15, 0.2) is 0 Å². The minimum atomic E-state index is -0.260. The maximum absolute atomic E-state index is 14.3. The molecule has 0 saturated heterocycles. The highest BCUT2D eigenvalue weighted by atomic mass is 16.3. The Balaban J connectivity index is 1.34. The highest BCUT2D eigenvalue weighted by Crippen LogP contribution is 2.77. The second kappa shape index (κ2) is 9.45. The molecule has 0 aromatic heterocycles. The largest absolute Gasteiger partial charge is 0.393 e. The molecule has 5 aliphatic rings. The average Bonchev–Trinajstić information content (AvgIpc) is 3.32. The van der Waals surface area contributed by atoms with E-state index in [1.165, 1.54) is 36.8 Å². The van der Waals surface area contributed by atoms with E-state index in [1.807, 2.05) is 6.07 Å². The Labute approximate surface area is 244 Å². The van der Waals surface area contributed by atoms with Gasteiger partial charge in [-0.2, -0.15) is 0 Å². The van der Waals surface area contributed by atoms with E-state index in [2.05, 4.69) is 77.7 Å². The van der Waals surface area contributed by atoms with Crippen LogP contribution in [0.1, 0.15) is 111 Å². The van der Waals surface area contributed by atoms with E-state index in [4.69, 9.17) is 0 Å². The first kappa shape index (κ1) is 28.5. The smallest absolute Gasteiger partial charge is 0.226 e. The van der Waals surface area contributed by atoms with Crippen LogP contribution >= 0.6 is 0 Å². The van der Waals surface area contributed by atoms with Crippen LogP contribution in [0.2, 0.25) is 0 Å². The van der Waals surface area contributed by atoms with Gasteiger partial charge in [-0.1, -0.05) is 77.1 Å². The Hall–Kier alpha value is -1.61. The van der Waals surface area contributed by atoms with Crippen molar-refractivity contribution in [2.24, 2.45) is 56.7 Å². The molecule has 0 heterocycles. The van der Waals surface area contributed by atoms with Crippen molar-refractivity contribution in [3.05, 3.63) is 48.0 Å². The van der Waals surface area contributed by atoms with Gasteiger partial charge in [0.25, 0.3) is 0 Å². The van der Waals surface area contributed by atoms with Crippen molar-refractivity contribution in [1.82, 2.24) is 5.32 Å². The summed E-state index contributed by atoms with van der Waals surface area (Å²) in [5, 5.41) is 14.5. The standard InChI is InChI=1S/C37H55NO2/c1-24(2)26-15-20-37(32(40)38-23-25-11-9-8-10-12-25)22-21-35(6)27(31(26)37)13-14-29-34(5)18-17-30(39)33(3,4)28(34)16-19-36(29,35)7/h8-12,26-31,39H,1,13-23H2,2-7H3,(H,38,40)/t26-,27+,28-,29+,30-,31+,34-,35+,36+,37-/m0/s1. The summed E-state index contributed by atoms with van der Waals surface area (Å²) in [7, 11) is 0. The quantitative estimate of drug-likeness (QED) is 0.374. The van der Waals surface area contributed by atoms with Crippen LogP contribution in [0.15, 0.2) is 42.5 Å². The molecule has 5 aliphatic carbocycles. The third-order valence-corrected chi connectivity index (χ3v) is 14.8. The Kier molecular flexibility index (Phi) is 6.73. The zero-order chi connectivity index (χ0) is 28.7. The van der Waals surface area contributed by atoms with Crippen LogP contribution in [0.25, 0.3) is 0 Å². The minimum absolute atomic E-state index is 0.0128. The van der Waals surface area contributed by atoms with Gasteiger partial charge in [0.05, 0.1) is 11.5 Å². The van der Waals surface area contributed by atoms with Crippen molar-refractivity contribution in [2.75, 3.05) is 0 Å². The molecule has 0 unspecified atom stereocenters. The number of hydrogen-bond donors (Lipinski definition) is 2. The lowest BCUT2D eigenvalue weighted by atomic mass is 9.32. The van der Waals surface area contributed by atoms with Crippen molar-refractivity contribution in [1.29, 1.82) is 0 Å². The summed E-state index contributed by atoms with van der Waals surface area (Å²) >= 11 is 0. The summed E-state index contributed by atoms with van der Waals surface area (Å²) < 4.78 is 0. The topological polar surface area (TPSA) is 49.3 Å². The molecule has 0 aliphatic heterocycles. The summed E-state index contributed by atoms with van der Waals surface area (Å²) in [5.41, 5.74) is 2.99. The molecule has 220 valence electrons. The summed E-state index contributed by atoms with van der Waals surface area (Å²) in [6.45, 7) is 20.0. The van der Waals surface area contributed by atoms with Crippen molar-refractivity contribution in [2.45, 2.75) is 118 Å². The van der Waals surface area contributed by atoms with Gasteiger partial charge in [-0.15, -0.1) is 0 Å². The Morgan fingerprint density at radius 1 is 0.875 bits per heavy atom. The van der Waals surface area contributed by atoms with E-state index in [9.17, 15) is 9.90 Å². The summed E-state index contributed by atoms with van der Waals surface area (Å²) in [6.07, 6.45) is 11.2. The number of hydrogen-bond acceptors (Lipinski definition) is 2. The second-order valence-corrected chi connectivity index (χ2v) is 16.4. The summed E-state index contributed by atoms with van der Waals surface area (Å²) in [4.78, 5) is 14.3. The van der Waals surface area contributed by atoms with Gasteiger partial charge in [0.2, 0.25) is 5.91 Å². The Morgan fingerprint density at radius 2 is 1.60 bits per heavy atom. The van der Waals surface area contributed by atoms with Gasteiger partial charge >= 0.3 is 0 Å². The molecule has 5 saturated carbocycles. The molecule has 5 fully saturated rings. The molecule has 6 rings (SSSR count). The Bertz CT molecular complexity index is 1160. The van der Waals surface area contributed by atoms with Crippen LogP contribution in [0.4, 0.5) is 0 Å². The molecule has 1 amide bonds. The molecular weight excluding hydrogens is 490 g/mol. The molecule has 10 atom stereocenters. The van der Waals surface area contributed by atoms with Crippen LogP contribution in [0.5, 0.6) is 0 Å². The fourth-order valence-corrected chi connectivity index (χ4v) is 12.5. The second-order valence-electron chi connectivity index (χ2n) is 16.4. The van der Waals surface area contributed by atoms with Gasteiger partial charge in [0, 0.05) is 6.54 Å². The van der Waals surface area contributed by atoms with E-state index in [-0.39, 0.29) is 33.2 Å². The van der Waals surface area contributed by atoms with Crippen LogP contribution < -0.4 is 5.32 Å². The maximum atomic E-state index is 14.3. The van der Waals surface area contributed by atoms with Crippen LogP contribution in [-0.2, 0) is 11.3 Å². The zero-order valence-electron chi connectivity index (χ0n) is 26.2. The Morgan fingerprint density at radius 3 is 2.30 bits per heavy atom. The molecule has 3 nitrogen and oxygen atoms in total. The van der Waals surface area contributed by atoms with Gasteiger partial charge in [-0.3, -0.25) is 4.79 Å². The number of allylic oxidation sites excluding steroid dienone is 1.